The first kappa shape index (κ1) is 36.9. The minimum atomic E-state index is -1.98. The van der Waals surface area contributed by atoms with Crippen LogP contribution in [0.25, 0.3) is 0 Å². The maximum atomic E-state index is 6.69. The van der Waals surface area contributed by atoms with Crippen molar-refractivity contribution in [2.75, 3.05) is 12.5 Å². The number of hydrogen-bond donors (Lipinski definition) is 0. The molecular weight excluding hydrogens is 746 g/mol. The number of benzene rings is 2. The minimum absolute atomic E-state index is 0.119. The highest BCUT2D eigenvalue weighted by Crippen LogP contribution is 2.41. The Labute approximate surface area is 281 Å². The second-order valence-electron chi connectivity index (χ2n) is 16.7. The van der Waals surface area contributed by atoms with Crippen LogP contribution >= 0.6 is 45.2 Å². The Morgan fingerprint density at radius 2 is 0.902 bits per heavy atom. The van der Waals surface area contributed by atoms with Crippen LogP contribution in [0.1, 0.15) is 121 Å². The SMILES string of the molecule is CC(C)[Si](COc1ccc(C(C)(C)CC(C)(C)C)cc1I)(COc1ccc(C(C)(C)CC(C)(C)C)cc1I)C(C)C. The summed E-state index contributed by atoms with van der Waals surface area (Å²) in [6, 6.07) is 13.6. The van der Waals surface area contributed by atoms with E-state index in [1.54, 1.807) is 0 Å². The molecule has 41 heavy (non-hydrogen) atoms. The average molecular weight is 805 g/mol. The third kappa shape index (κ3) is 10.4. The Hall–Kier alpha value is -0.283. The van der Waals surface area contributed by atoms with Gasteiger partial charge in [-0.3, -0.25) is 0 Å². The maximum absolute atomic E-state index is 6.69. The van der Waals surface area contributed by atoms with E-state index in [4.69, 9.17) is 9.47 Å². The molecule has 2 aromatic carbocycles. The van der Waals surface area contributed by atoms with Crippen LogP contribution in [0.3, 0.4) is 0 Å². The molecule has 0 fully saturated rings. The summed E-state index contributed by atoms with van der Waals surface area (Å²) >= 11 is 4.92. The fourth-order valence-corrected chi connectivity index (χ4v) is 11.7. The Morgan fingerprint density at radius 3 is 1.15 bits per heavy atom. The van der Waals surface area contributed by atoms with Gasteiger partial charge in [-0.2, -0.15) is 0 Å². The molecule has 0 N–H and O–H groups in total. The van der Waals surface area contributed by atoms with Gasteiger partial charge in [-0.05, 0) is 126 Å². The molecule has 232 valence electrons. The van der Waals surface area contributed by atoms with Gasteiger partial charge in [0.15, 0.2) is 0 Å². The van der Waals surface area contributed by atoms with E-state index in [2.05, 4.69) is 179 Å². The van der Waals surface area contributed by atoms with E-state index in [0.29, 0.717) is 11.1 Å². The van der Waals surface area contributed by atoms with E-state index < -0.39 is 8.07 Å². The quantitative estimate of drug-likeness (QED) is 0.157. The van der Waals surface area contributed by atoms with Crippen molar-refractivity contribution < 1.29 is 9.47 Å². The van der Waals surface area contributed by atoms with E-state index in [9.17, 15) is 0 Å². The summed E-state index contributed by atoms with van der Waals surface area (Å²) in [4.78, 5) is 0. The van der Waals surface area contributed by atoms with E-state index in [1.807, 2.05) is 0 Å². The molecule has 0 amide bonds. The van der Waals surface area contributed by atoms with Crippen LogP contribution in [-0.2, 0) is 10.8 Å². The van der Waals surface area contributed by atoms with Gasteiger partial charge in [-0.15, -0.1) is 0 Å². The lowest BCUT2D eigenvalue weighted by Crippen LogP contribution is -2.53. The molecule has 0 aromatic heterocycles. The van der Waals surface area contributed by atoms with Crippen molar-refractivity contribution in [2.45, 2.75) is 132 Å². The van der Waals surface area contributed by atoms with Gasteiger partial charge in [0.1, 0.15) is 19.6 Å². The van der Waals surface area contributed by atoms with Crippen LogP contribution in [0.15, 0.2) is 36.4 Å². The molecule has 0 bridgehead atoms. The summed E-state index contributed by atoms with van der Waals surface area (Å²) in [5, 5.41) is 0. The molecular formula is C36H58I2O2Si. The minimum Gasteiger partial charge on any atom is -0.496 e. The fraction of sp³-hybridized carbons (Fsp3) is 0.667. The Kier molecular flexibility index (Phi) is 12.4. The van der Waals surface area contributed by atoms with Crippen LogP contribution in [0.2, 0.25) is 11.1 Å². The van der Waals surface area contributed by atoms with E-state index >= 15 is 0 Å². The van der Waals surface area contributed by atoms with Crippen molar-refractivity contribution in [3.63, 3.8) is 0 Å². The number of ether oxygens (including phenoxy) is 2. The average Bonchev–Trinajstić information content (AvgIpc) is 2.77. The largest absolute Gasteiger partial charge is 0.496 e. The van der Waals surface area contributed by atoms with Crippen LogP contribution in [0.5, 0.6) is 11.5 Å². The van der Waals surface area contributed by atoms with Gasteiger partial charge in [0.05, 0.1) is 19.6 Å². The smallest absolute Gasteiger partial charge is 0.146 e. The summed E-state index contributed by atoms with van der Waals surface area (Å²) < 4.78 is 15.8. The van der Waals surface area contributed by atoms with Gasteiger partial charge in [-0.25, -0.2) is 0 Å². The monoisotopic (exact) mass is 804 g/mol. The molecule has 0 heterocycles. The van der Waals surface area contributed by atoms with Gasteiger partial charge in [0.2, 0.25) is 0 Å². The molecule has 0 saturated carbocycles. The van der Waals surface area contributed by atoms with Crippen molar-refractivity contribution in [1.29, 1.82) is 0 Å². The molecule has 2 aromatic rings. The molecule has 0 radical (unpaired) electrons. The molecule has 2 rings (SSSR count). The van der Waals surface area contributed by atoms with Crippen LogP contribution in [0.4, 0.5) is 0 Å². The third-order valence-corrected chi connectivity index (χ3v) is 16.3. The highest BCUT2D eigenvalue weighted by atomic mass is 127. The summed E-state index contributed by atoms with van der Waals surface area (Å²) in [5.41, 5.74) is 4.64. The number of rotatable bonds is 12. The van der Waals surface area contributed by atoms with Crippen molar-refractivity contribution in [1.82, 2.24) is 0 Å². The van der Waals surface area contributed by atoms with E-state index in [1.165, 1.54) is 18.3 Å². The normalized spacial score (nSPS) is 13.7. The van der Waals surface area contributed by atoms with Crippen LogP contribution in [-0.4, -0.2) is 20.5 Å². The number of halogens is 2. The summed E-state index contributed by atoms with van der Waals surface area (Å²) in [6.45, 7) is 32.8. The van der Waals surface area contributed by atoms with Gasteiger partial charge in [0.25, 0.3) is 0 Å². The van der Waals surface area contributed by atoms with Gasteiger partial charge in [-0.1, -0.05) is 109 Å². The Balaban J connectivity index is 2.25. The Morgan fingerprint density at radius 1 is 0.585 bits per heavy atom. The third-order valence-electron chi connectivity index (χ3n) is 8.66. The first-order valence-corrected chi connectivity index (χ1v) is 20.1. The second kappa shape index (κ2) is 13.8. The zero-order valence-electron chi connectivity index (χ0n) is 28.5. The van der Waals surface area contributed by atoms with Gasteiger partial charge >= 0.3 is 0 Å². The van der Waals surface area contributed by atoms with Gasteiger partial charge in [0, 0.05) is 0 Å². The highest BCUT2D eigenvalue weighted by Gasteiger charge is 2.43. The highest BCUT2D eigenvalue weighted by molar-refractivity contribution is 14.1. The first-order chi connectivity index (χ1) is 18.5. The standard InChI is InChI=1S/C36H58I2O2Si/c1-25(2)41(26(3)4,23-39-31-17-15-27(19-29(31)37)35(11,12)21-33(5,6)7)24-40-32-18-16-28(20-30(32)38)36(13,14)22-34(8,9)10/h15-20,25-26H,21-24H2,1-14H3. The zero-order valence-corrected chi connectivity index (χ0v) is 33.8. The molecule has 0 saturated heterocycles. The predicted molar refractivity (Wildman–Crippen MR) is 199 cm³/mol. The molecule has 0 aliphatic rings. The number of hydrogen-bond acceptors (Lipinski definition) is 2. The summed E-state index contributed by atoms with van der Waals surface area (Å²) in [6.07, 6.45) is 3.79. The lowest BCUT2D eigenvalue weighted by Gasteiger charge is -2.38. The lowest BCUT2D eigenvalue weighted by atomic mass is 9.72. The molecule has 2 nitrogen and oxygen atoms in total. The predicted octanol–water partition coefficient (Wildman–Crippen LogP) is 12.1. The Bertz CT molecular complexity index is 1060. The molecule has 0 unspecified atom stereocenters. The molecule has 0 aliphatic heterocycles. The van der Waals surface area contributed by atoms with Gasteiger partial charge < -0.3 is 9.47 Å². The maximum Gasteiger partial charge on any atom is 0.146 e. The second-order valence-corrected chi connectivity index (χ2v) is 24.3. The topological polar surface area (TPSA) is 18.5 Å². The first-order valence-electron chi connectivity index (χ1n) is 15.3. The molecule has 0 aliphatic carbocycles. The van der Waals surface area contributed by atoms with Crippen molar-refractivity contribution >= 4 is 53.3 Å². The molecule has 0 atom stereocenters. The summed E-state index contributed by atoms with van der Waals surface area (Å²) in [5.74, 6) is 2.00. The van der Waals surface area contributed by atoms with Crippen molar-refractivity contribution in [2.24, 2.45) is 10.8 Å². The molecule has 5 heteroatoms. The summed E-state index contributed by atoms with van der Waals surface area (Å²) in [7, 11) is -1.98. The van der Waals surface area contributed by atoms with Crippen molar-refractivity contribution in [3.8, 4) is 11.5 Å². The fourth-order valence-electron chi connectivity index (χ4n) is 6.73. The van der Waals surface area contributed by atoms with E-state index in [0.717, 1.165) is 36.8 Å². The van der Waals surface area contributed by atoms with Crippen LogP contribution in [0, 0.1) is 18.0 Å². The molecule has 0 spiro atoms. The van der Waals surface area contributed by atoms with Crippen LogP contribution < -0.4 is 9.47 Å². The van der Waals surface area contributed by atoms with Crippen molar-refractivity contribution in [3.05, 3.63) is 54.7 Å². The zero-order chi connectivity index (χ0) is 31.6. The lowest BCUT2D eigenvalue weighted by molar-refractivity contribution is 0.283. The van der Waals surface area contributed by atoms with E-state index in [-0.39, 0.29) is 21.7 Å².